The summed E-state index contributed by atoms with van der Waals surface area (Å²) in [7, 11) is 1.24. The van der Waals surface area contributed by atoms with E-state index in [1.54, 1.807) is 6.92 Å². The summed E-state index contributed by atoms with van der Waals surface area (Å²) in [4.78, 5) is 22.6. The van der Waals surface area contributed by atoms with Crippen LogP contribution in [0.1, 0.15) is 33.6 Å². The molecular formula is C10H19NO4. The average molecular weight is 217 g/mol. The summed E-state index contributed by atoms with van der Waals surface area (Å²) in [5.74, 6) is -0.882. The normalized spacial score (nSPS) is 12.4. The number of carbonyl (C=O) groups excluding carboxylic acids is 2. The number of amides is 1. The number of methoxy groups -OCH3 is 1. The van der Waals surface area contributed by atoms with Crippen molar-refractivity contribution in [1.82, 2.24) is 5.06 Å². The van der Waals surface area contributed by atoms with Crippen LogP contribution < -0.4 is 0 Å². The summed E-state index contributed by atoms with van der Waals surface area (Å²) >= 11 is 0. The molecule has 0 aliphatic carbocycles. The van der Waals surface area contributed by atoms with Crippen molar-refractivity contribution in [2.24, 2.45) is 5.92 Å². The maximum Gasteiger partial charge on any atom is 0.331 e. The Hall–Kier alpha value is -1.10. The number of ether oxygens (including phenoxy) is 1. The Bertz CT molecular complexity index is 227. The van der Waals surface area contributed by atoms with E-state index >= 15 is 0 Å². The molecule has 0 fully saturated rings. The van der Waals surface area contributed by atoms with Crippen LogP contribution in [0.15, 0.2) is 0 Å². The van der Waals surface area contributed by atoms with E-state index in [0.717, 1.165) is 0 Å². The van der Waals surface area contributed by atoms with Crippen molar-refractivity contribution in [2.75, 3.05) is 7.11 Å². The lowest BCUT2D eigenvalue weighted by atomic mass is 10.0. The van der Waals surface area contributed by atoms with E-state index in [9.17, 15) is 14.8 Å². The highest BCUT2D eigenvalue weighted by atomic mass is 16.5. The molecule has 1 amide bonds. The molecule has 0 aromatic carbocycles. The molecule has 0 aromatic heterocycles. The summed E-state index contributed by atoms with van der Waals surface area (Å²) in [6.07, 6.45) is 0.539. The van der Waals surface area contributed by atoms with Gasteiger partial charge in [0.2, 0.25) is 5.91 Å². The van der Waals surface area contributed by atoms with Gasteiger partial charge in [-0.1, -0.05) is 20.8 Å². The van der Waals surface area contributed by atoms with Gasteiger partial charge in [-0.3, -0.25) is 10.0 Å². The number of esters is 1. The third-order valence-electron chi connectivity index (χ3n) is 2.02. The summed E-state index contributed by atoms with van der Waals surface area (Å²) in [5, 5.41) is 9.99. The van der Waals surface area contributed by atoms with Crippen LogP contribution >= 0.6 is 0 Å². The lowest BCUT2D eigenvalue weighted by molar-refractivity contribution is -0.188. The van der Waals surface area contributed by atoms with Crippen LogP contribution in [0.25, 0.3) is 0 Å². The summed E-state index contributed by atoms with van der Waals surface area (Å²) in [6, 6.07) is -0.901. The smallest absolute Gasteiger partial charge is 0.331 e. The van der Waals surface area contributed by atoms with Gasteiger partial charge in [-0.2, -0.15) is 0 Å². The summed E-state index contributed by atoms with van der Waals surface area (Å²) in [5.41, 5.74) is 0. The van der Waals surface area contributed by atoms with Crippen molar-refractivity contribution in [3.05, 3.63) is 0 Å². The lowest BCUT2D eigenvalue weighted by Crippen LogP contribution is -2.44. The summed E-state index contributed by atoms with van der Waals surface area (Å²) in [6.45, 7) is 5.43. The molecule has 1 atom stereocenters. The van der Waals surface area contributed by atoms with Crippen molar-refractivity contribution in [1.29, 1.82) is 0 Å². The van der Waals surface area contributed by atoms with E-state index in [0.29, 0.717) is 11.5 Å². The molecular weight excluding hydrogens is 198 g/mol. The first kappa shape index (κ1) is 13.9. The second-order valence-corrected chi connectivity index (χ2v) is 3.76. The van der Waals surface area contributed by atoms with Crippen molar-refractivity contribution < 1.29 is 19.5 Å². The van der Waals surface area contributed by atoms with E-state index < -0.39 is 17.9 Å². The Balaban J connectivity index is 4.61. The van der Waals surface area contributed by atoms with E-state index in [4.69, 9.17) is 0 Å². The topological polar surface area (TPSA) is 66.8 Å². The highest BCUT2D eigenvalue weighted by Gasteiger charge is 2.29. The Morgan fingerprint density at radius 2 is 1.93 bits per heavy atom. The van der Waals surface area contributed by atoms with E-state index in [1.807, 2.05) is 13.8 Å². The van der Waals surface area contributed by atoms with Gasteiger partial charge in [0.15, 0.2) is 6.04 Å². The highest BCUT2D eigenvalue weighted by Crippen LogP contribution is 2.12. The molecule has 0 saturated heterocycles. The lowest BCUT2D eigenvalue weighted by Gasteiger charge is -2.24. The maximum absolute atomic E-state index is 11.3. The van der Waals surface area contributed by atoms with Crippen molar-refractivity contribution >= 4 is 11.9 Å². The molecule has 0 saturated carbocycles. The Kier molecular flexibility index (Phi) is 5.93. The van der Waals surface area contributed by atoms with Gasteiger partial charge in [0.05, 0.1) is 7.11 Å². The van der Waals surface area contributed by atoms with Crippen LogP contribution in [0.3, 0.4) is 0 Å². The molecule has 0 bridgehead atoms. The molecule has 0 aliphatic heterocycles. The predicted molar refractivity (Wildman–Crippen MR) is 54.2 cm³/mol. The molecule has 0 unspecified atom stereocenters. The quantitative estimate of drug-likeness (QED) is 0.427. The van der Waals surface area contributed by atoms with Gasteiger partial charge in [-0.15, -0.1) is 0 Å². The zero-order valence-corrected chi connectivity index (χ0v) is 9.69. The molecule has 88 valence electrons. The van der Waals surface area contributed by atoms with Crippen molar-refractivity contribution in [3.63, 3.8) is 0 Å². The first-order valence-corrected chi connectivity index (χ1v) is 5.02. The number of nitrogens with zero attached hydrogens (tertiary/aromatic N) is 1. The predicted octanol–water partition coefficient (Wildman–Crippen LogP) is 1.20. The van der Waals surface area contributed by atoms with Crippen molar-refractivity contribution in [2.45, 2.75) is 39.7 Å². The molecule has 5 nitrogen and oxygen atoms in total. The van der Waals surface area contributed by atoms with Gasteiger partial charge in [-0.05, 0) is 12.3 Å². The minimum Gasteiger partial charge on any atom is -0.467 e. The van der Waals surface area contributed by atoms with Crippen LogP contribution in [0.2, 0.25) is 0 Å². The largest absolute Gasteiger partial charge is 0.467 e. The SMILES string of the molecule is CCC(=O)N(O)[C@@H](CC(C)C)C(=O)OC. The fourth-order valence-electron chi connectivity index (χ4n) is 1.21. The second kappa shape index (κ2) is 6.40. The van der Waals surface area contributed by atoms with Crippen molar-refractivity contribution in [3.8, 4) is 0 Å². The average Bonchev–Trinajstić information content (AvgIpc) is 2.22. The molecule has 0 heterocycles. The van der Waals surface area contributed by atoms with Gasteiger partial charge in [0.25, 0.3) is 0 Å². The highest BCUT2D eigenvalue weighted by molar-refractivity contribution is 5.83. The standard InChI is InChI=1S/C10H19NO4/c1-5-9(12)11(14)8(6-7(2)3)10(13)15-4/h7-8,14H,5-6H2,1-4H3/t8-/m0/s1. The monoisotopic (exact) mass is 217 g/mol. The Morgan fingerprint density at radius 3 is 2.27 bits per heavy atom. The van der Waals surface area contributed by atoms with E-state index in [1.165, 1.54) is 7.11 Å². The minimum atomic E-state index is -0.901. The maximum atomic E-state index is 11.3. The van der Waals surface area contributed by atoms with Crippen LogP contribution in [0.5, 0.6) is 0 Å². The molecule has 0 rings (SSSR count). The van der Waals surface area contributed by atoms with E-state index in [2.05, 4.69) is 4.74 Å². The molecule has 0 radical (unpaired) electrons. The third-order valence-corrected chi connectivity index (χ3v) is 2.02. The molecule has 1 N–H and O–H groups in total. The number of rotatable bonds is 5. The van der Waals surface area contributed by atoms with Crippen LogP contribution in [-0.2, 0) is 14.3 Å². The number of hydroxylamine groups is 2. The Morgan fingerprint density at radius 1 is 1.40 bits per heavy atom. The number of hydrogen-bond acceptors (Lipinski definition) is 4. The van der Waals surface area contributed by atoms with Crippen LogP contribution in [-0.4, -0.2) is 35.3 Å². The van der Waals surface area contributed by atoms with Gasteiger partial charge in [0, 0.05) is 6.42 Å². The van der Waals surface area contributed by atoms with Gasteiger partial charge < -0.3 is 4.74 Å². The number of hydrogen-bond donors (Lipinski definition) is 1. The fraction of sp³-hybridized carbons (Fsp3) is 0.800. The zero-order chi connectivity index (χ0) is 12.0. The second-order valence-electron chi connectivity index (χ2n) is 3.76. The first-order chi connectivity index (χ1) is 6.93. The zero-order valence-electron chi connectivity index (χ0n) is 9.69. The molecule has 5 heteroatoms. The molecule has 0 aliphatic rings. The molecule has 0 aromatic rings. The molecule has 0 spiro atoms. The Labute approximate surface area is 90.0 Å². The first-order valence-electron chi connectivity index (χ1n) is 5.02. The number of carbonyl (C=O) groups is 2. The van der Waals surface area contributed by atoms with E-state index in [-0.39, 0.29) is 12.3 Å². The van der Waals surface area contributed by atoms with Crippen LogP contribution in [0, 0.1) is 5.92 Å². The third kappa shape index (κ3) is 4.29. The van der Waals surface area contributed by atoms with Gasteiger partial charge >= 0.3 is 5.97 Å². The minimum absolute atomic E-state index is 0.155. The molecule has 15 heavy (non-hydrogen) atoms. The fourth-order valence-corrected chi connectivity index (χ4v) is 1.21. The van der Waals surface area contributed by atoms with Crippen LogP contribution in [0.4, 0.5) is 0 Å². The summed E-state index contributed by atoms with van der Waals surface area (Å²) < 4.78 is 4.54. The van der Waals surface area contributed by atoms with Gasteiger partial charge in [-0.25, -0.2) is 9.86 Å². The van der Waals surface area contributed by atoms with Gasteiger partial charge in [0.1, 0.15) is 0 Å².